The lowest BCUT2D eigenvalue weighted by Crippen LogP contribution is -2.30. The van der Waals surface area contributed by atoms with Crippen LogP contribution in [0.5, 0.6) is 0 Å². The smallest absolute Gasteiger partial charge is 0.306 e. The normalized spacial score (nSPS) is 12.6. The van der Waals surface area contributed by atoms with Gasteiger partial charge in [0.1, 0.15) is 13.2 Å². The Bertz CT molecular complexity index is 1400. The lowest BCUT2D eigenvalue weighted by Gasteiger charge is -2.18. The standard InChI is InChI=1S/C67H116O6/c1-4-7-10-13-16-18-20-22-24-25-26-27-28-29-30-31-32-33-34-35-36-37-38-39-40-41-42-43-44-46-47-49-51-54-57-60-66(69)72-63-64(62-71-65(68)59-56-53-15-12-9-6-3)73-67(70)61-58-55-52-50-48-45-23-21-19-17-14-11-8-5-2/h7,10,16,18,22,24,26-27,29-30,32-33,35-36,64H,4-6,8-9,11-15,17,19-21,23,25,28,31,34,37-63H2,1-3H3/b10-7-,18-16-,24-22-,27-26-,30-29-,33-32-,36-35-. The molecule has 0 radical (unpaired) electrons. The highest BCUT2D eigenvalue weighted by Crippen LogP contribution is 2.16. The topological polar surface area (TPSA) is 78.9 Å². The fraction of sp³-hybridized carbons (Fsp3) is 0.746. The van der Waals surface area contributed by atoms with Crippen LogP contribution >= 0.6 is 0 Å². The molecule has 0 fully saturated rings. The van der Waals surface area contributed by atoms with Gasteiger partial charge in [-0.05, 0) is 77.0 Å². The Morgan fingerprint density at radius 1 is 0.288 bits per heavy atom. The van der Waals surface area contributed by atoms with Crippen molar-refractivity contribution in [2.24, 2.45) is 0 Å². The summed E-state index contributed by atoms with van der Waals surface area (Å²) in [5.74, 6) is -0.872. The molecule has 0 heterocycles. The van der Waals surface area contributed by atoms with Crippen LogP contribution in [0.2, 0.25) is 0 Å². The SMILES string of the molecule is CC/C=C\C/C=C\C/C=C\C/C=C\C/C=C\C/C=C\C/C=C\CCCCCCCCCCCCCCCC(=O)OCC(COC(=O)CCCCCCCC)OC(=O)CCCCCCCCCCCCCCCC. The minimum absolute atomic E-state index is 0.0719. The minimum Gasteiger partial charge on any atom is -0.462 e. The van der Waals surface area contributed by atoms with Gasteiger partial charge in [0.25, 0.3) is 0 Å². The van der Waals surface area contributed by atoms with Crippen LogP contribution in [0.15, 0.2) is 85.1 Å². The number of unbranched alkanes of at least 4 members (excludes halogenated alkanes) is 31. The molecule has 6 nitrogen and oxygen atoms in total. The minimum atomic E-state index is -0.769. The molecular formula is C67H116O6. The van der Waals surface area contributed by atoms with Crippen LogP contribution < -0.4 is 0 Å². The van der Waals surface area contributed by atoms with Crippen molar-refractivity contribution in [1.29, 1.82) is 0 Å². The molecule has 0 rings (SSSR count). The van der Waals surface area contributed by atoms with Crippen LogP contribution in [0.4, 0.5) is 0 Å². The van der Waals surface area contributed by atoms with Gasteiger partial charge in [-0.25, -0.2) is 0 Å². The first kappa shape index (κ1) is 69.6. The van der Waals surface area contributed by atoms with Gasteiger partial charge in [-0.15, -0.1) is 0 Å². The van der Waals surface area contributed by atoms with Gasteiger partial charge in [-0.1, -0.05) is 292 Å². The fourth-order valence-electron chi connectivity index (χ4n) is 8.78. The molecule has 1 unspecified atom stereocenters. The monoisotopic (exact) mass is 1020 g/mol. The van der Waals surface area contributed by atoms with E-state index in [-0.39, 0.29) is 31.1 Å². The average Bonchev–Trinajstić information content (AvgIpc) is 3.39. The fourth-order valence-corrected chi connectivity index (χ4v) is 8.78. The number of allylic oxidation sites excluding steroid dienone is 14. The third-order valence-electron chi connectivity index (χ3n) is 13.4. The van der Waals surface area contributed by atoms with E-state index in [1.165, 1.54) is 161 Å². The van der Waals surface area contributed by atoms with E-state index in [1.807, 2.05) is 0 Å². The molecule has 73 heavy (non-hydrogen) atoms. The summed E-state index contributed by atoms with van der Waals surface area (Å²) in [5, 5.41) is 0. The highest BCUT2D eigenvalue weighted by molar-refractivity contribution is 5.71. The lowest BCUT2D eigenvalue weighted by atomic mass is 10.0. The second-order valence-corrected chi connectivity index (χ2v) is 20.6. The first-order chi connectivity index (χ1) is 36.0. The highest BCUT2D eigenvalue weighted by Gasteiger charge is 2.19. The van der Waals surface area contributed by atoms with Crippen molar-refractivity contribution in [2.45, 2.75) is 309 Å². The summed E-state index contributed by atoms with van der Waals surface area (Å²) in [4.78, 5) is 37.9. The van der Waals surface area contributed by atoms with E-state index in [2.05, 4.69) is 106 Å². The zero-order valence-corrected chi connectivity index (χ0v) is 48.1. The summed E-state index contributed by atoms with van der Waals surface area (Å²) in [5.41, 5.74) is 0. The van der Waals surface area contributed by atoms with Gasteiger partial charge in [-0.3, -0.25) is 14.4 Å². The van der Waals surface area contributed by atoms with E-state index in [4.69, 9.17) is 14.2 Å². The van der Waals surface area contributed by atoms with E-state index in [1.54, 1.807) is 0 Å². The van der Waals surface area contributed by atoms with Gasteiger partial charge in [-0.2, -0.15) is 0 Å². The van der Waals surface area contributed by atoms with Crippen LogP contribution in [-0.4, -0.2) is 37.2 Å². The number of carbonyl (C=O) groups excluding carboxylic acids is 3. The summed E-state index contributed by atoms with van der Waals surface area (Å²) >= 11 is 0. The molecule has 0 aromatic carbocycles. The number of carbonyl (C=O) groups is 3. The number of esters is 3. The first-order valence-electron chi connectivity index (χ1n) is 31.1. The number of rotatable bonds is 56. The molecule has 0 aliphatic carbocycles. The molecule has 0 spiro atoms. The maximum atomic E-state index is 12.8. The van der Waals surface area contributed by atoms with Gasteiger partial charge >= 0.3 is 17.9 Å². The summed E-state index contributed by atoms with van der Waals surface area (Å²) in [6.45, 7) is 6.49. The molecule has 0 saturated carbocycles. The molecular weight excluding hydrogens is 901 g/mol. The Morgan fingerprint density at radius 3 is 0.836 bits per heavy atom. The van der Waals surface area contributed by atoms with Gasteiger partial charge in [0.2, 0.25) is 0 Å². The van der Waals surface area contributed by atoms with Crippen molar-refractivity contribution in [3.8, 4) is 0 Å². The molecule has 0 N–H and O–H groups in total. The number of hydrogen-bond acceptors (Lipinski definition) is 6. The van der Waals surface area contributed by atoms with E-state index in [0.717, 1.165) is 103 Å². The third-order valence-corrected chi connectivity index (χ3v) is 13.4. The Hall–Kier alpha value is -3.41. The quantitative estimate of drug-likeness (QED) is 0.0261. The van der Waals surface area contributed by atoms with Crippen molar-refractivity contribution in [3.63, 3.8) is 0 Å². The Kier molecular flexibility index (Phi) is 58.3. The molecule has 6 heteroatoms. The van der Waals surface area contributed by atoms with Crippen LogP contribution in [0.1, 0.15) is 303 Å². The molecule has 0 aliphatic heterocycles. The predicted molar refractivity (Wildman–Crippen MR) is 316 cm³/mol. The van der Waals surface area contributed by atoms with Crippen molar-refractivity contribution in [2.75, 3.05) is 13.2 Å². The van der Waals surface area contributed by atoms with E-state index in [0.29, 0.717) is 19.3 Å². The number of hydrogen-bond donors (Lipinski definition) is 0. The molecule has 420 valence electrons. The van der Waals surface area contributed by atoms with Crippen LogP contribution in [0, 0.1) is 0 Å². The third kappa shape index (κ3) is 59.3. The zero-order chi connectivity index (χ0) is 52.9. The van der Waals surface area contributed by atoms with Crippen LogP contribution in [0.25, 0.3) is 0 Å². The molecule has 0 amide bonds. The molecule has 0 aromatic rings. The van der Waals surface area contributed by atoms with Crippen molar-refractivity contribution < 1.29 is 28.6 Å². The average molecular weight is 1020 g/mol. The van der Waals surface area contributed by atoms with E-state index >= 15 is 0 Å². The Labute approximate surface area is 452 Å². The van der Waals surface area contributed by atoms with Crippen LogP contribution in [0.3, 0.4) is 0 Å². The lowest BCUT2D eigenvalue weighted by molar-refractivity contribution is -0.167. The molecule has 0 saturated heterocycles. The Balaban J connectivity index is 3.98. The molecule has 0 aliphatic rings. The van der Waals surface area contributed by atoms with Crippen molar-refractivity contribution in [1.82, 2.24) is 0 Å². The largest absolute Gasteiger partial charge is 0.462 e. The summed E-state index contributed by atoms with van der Waals surface area (Å²) in [6.07, 6.45) is 80.6. The second-order valence-electron chi connectivity index (χ2n) is 20.6. The van der Waals surface area contributed by atoms with Crippen LogP contribution in [-0.2, 0) is 28.6 Å². The van der Waals surface area contributed by atoms with Gasteiger partial charge in [0.05, 0.1) is 0 Å². The molecule has 0 aromatic heterocycles. The molecule has 0 bridgehead atoms. The molecule has 1 atom stereocenters. The first-order valence-corrected chi connectivity index (χ1v) is 31.1. The number of ether oxygens (including phenoxy) is 3. The maximum Gasteiger partial charge on any atom is 0.306 e. The summed E-state index contributed by atoms with van der Waals surface area (Å²) in [7, 11) is 0. The predicted octanol–water partition coefficient (Wildman–Crippen LogP) is 21.1. The van der Waals surface area contributed by atoms with Crippen molar-refractivity contribution in [3.05, 3.63) is 85.1 Å². The van der Waals surface area contributed by atoms with E-state index < -0.39 is 6.10 Å². The highest BCUT2D eigenvalue weighted by atomic mass is 16.6. The Morgan fingerprint density at radius 2 is 0.534 bits per heavy atom. The van der Waals surface area contributed by atoms with Crippen molar-refractivity contribution >= 4 is 17.9 Å². The van der Waals surface area contributed by atoms with Gasteiger partial charge in [0.15, 0.2) is 6.10 Å². The zero-order valence-electron chi connectivity index (χ0n) is 48.1. The van der Waals surface area contributed by atoms with Gasteiger partial charge < -0.3 is 14.2 Å². The van der Waals surface area contributed by atoms with E-state index in [9.17, 15) is 14.4 Å². The summed E-state index contributed by atoms with van der Waals surface area (Å²) in [6, 6.07) is 0. The summed E-state index contributed by atoms with van der Waals surface area (Å²) < 4.78 is 16.8. The maximum absolute atomic E-state index is 12.8. The second kappa shape index (κ2) is 61.1. The van der Waals surface area contributed by atoms with Gasteiger partial charge in [0, 0.05) is 19.3 Å².